The number of methoxy groups -OCH3 is 1. The van der Waals surface area contributed by atoms with E-state index in [1.165, 1.54) is 12.1 Å². The Morgan fingerprint density at radius 3 is 2.88 bits per heavy atom. The summed E-state index contributed by atoms with van der Waals surface area (Å²) in [5, 5.41) is 3.54. The molecule has 17 heavy (non-hydrogen) atoms. The standard InChI is InChI=1S/C13H25N3O/c1-4-6-12(10-17-3)15-9-13-8-14-11-16(13)7-5-2/h8,11-12,15H,4-7,9-10H2,1-3H3. The summed E-state index contributed by atoms with van der Waals surface area (Å²) in [6, 6.07) is 0.440. The Morgan fingerprint density at radius 2 is 2.24 bits per heavy atom. The molecular weight excluding hydrogens is 214 g/mol. The largest absolute Gasteiger partial charge is 0.383 e. The normalized spacial score (nSPS) is 12.9. The fourth-order valence-electron chi connectivity index (χ4n) is 1.98. The first-order chi connectivity index (χ1) is 8.31. The molecule has 0 aliphatic carbocycles. The minimum absolute atomic E-state index is 0.440. The molecule has 0 saturated carbocycles. The van der Waals surface area contributed by atoms with Gasteiger partial charge in [0.1, 0.15) is 0 Å². The minimum atomic E-state index is 0.440. The third-order valence-electron chi connectivity index (χ3n) is 2.84. The van der Waals surface area contributed by atoms with Gasteiger partial charge in [0.25, 0.3) is 0 Å². The lowest BCUT2D eigenvalue weighted by Crippen LogP contribution is -2.33. The molecule has 4 nitrogen and oxygen atoms in total. The highest BCUT2D eigenvalue weighted by Crippen LogP contribution is 2.03. The lowest BCUT2D eigenvalue weighted by Gasteiger charge is -2.17. The summed E-state index contributed by atoms with van der Waals surface area (Å²) in [6.45, 7) is 7.07. The van der Waals surface area contributed by atoms with Crippen molar-refractivity contribution >= 4 is 0 Å². The van der Waals surface area contributed by atoms with Gasteiger partial charge >= 0.3 is 0 Å². The molecule has 0 amide bonds. The fraction of sp³-hybridized carbons (Fsp3) is 0.769. The second kappa shape index (κ2) is 8.25. The van der Waals surface area contributed by atoms with Crippen molar-refractivity contribution in [3.8, 4) is 0 Å². The second-order valence-electron chi connectivity index (χ2n) is 4.40. The summed E-state index contributed by atoms with van der Waals surface area (Å²) in [7, 11) is 1.76. The number of rotatable bonds is 9. The van der Waals surface area contributed by atoms with Crippen LogP contribution in [0.2, 0.25) is 0 Å². The highest BCUT2D eigenvalue weighted by atomic mass is 16.5. The van der Waals surface area contributed by atoms with Crippen LogP contribution < -0.4 is 5.32 Å². The average Bonchev–Trinajstić information content (AvgIpc) is 2.75. The Balaban J connectivity index is 2.43. The maximum Gasteiger partial charge on any atom is 0.0948 e. The first-order valence-corrected chi connectivity index (χ1v) is 6.53. The molecule has 0 aliphatic heterocycles. The van der Waals surface area contributed by atoms with Crippen LogP contribution in [0.15, 0.2) is 12.5 Å². The van der Waals surface area contributed by atoms with Crippen molar-refractivity contribution in [2.24, 2.45) is 0 Å². The Hall–Kier alpha value is -0.870. The molecule has 1 aromatic rings. The number of hydrogen-bond donors (Lipinski definition) is 1. The van der Waals surface area contributed by atoms with Gasteiger partial charge in [-0.25, -0.2) is 4.98 Å². The Kier molecular flexibility index (Phi) is 6.89. The van der Waals surface area contributed by atoms with Crippen molar-refractivity contribution in [2.45, 2.75) is 52.2 Å². The molecule has 4 heteroatoms. The molecule has 1 heterocycles. The highest BCUT2D eigenvalue weighted by molar-refractivity contribution is 4.98. The number of aryl methyl sites for hydroxylation is 1. The zero-order valence-electron chi connectivity index (χ0n) is 11.3. The minimum Gasteiger partial charge on any atom is -0.383 e. The molecule has 98 valence electrons. The van der Waals surface area contributed by atoms with Crippen molar-refractivity contribution in [3.63, 3.8) is 0 Å². The van der Waals surface area contributed by atoms with E-state index in [1.807, 2.05) is 12.5 Å². The first-order valence-electron chi connectivity index (χ1n) is 6.53. The number of nitrogens with zero attached hydrogens (tertiary/aromatic N) is 2. The second-order valence-corrected chi connectivity index (χ2v) is 4.40. The van der Waals surface area contributed by atoms with Gasteiger partial charge in [0.15, 0.2) is 0 Å². The van der Waals surface area contributed by atoms with Gasteiger partial charge in [-0.3, -0.25) is 0 Å². The van der Waals surface area contributed by atoms with Gasteiger partial charge in [-0.2, -0.15) is 0 Å². The van der Waals surface area contributed by atoms with E-state index < -0.39 is 0 Å². The van der Waals surface area contributed by atoms with Gasteiger partial charge in [-0.05, 0) is 12.8 Å². The van der Waals surface area contributed by atoms with E-state index in [4.69, 9.17) is 4.74 Å². The summed E-state index contributed by atoms with van der Waals surface area (Å²) in [5.74, 6) is 0. The molecule has 1 rings (SSSR count). The number of imidazole rings is 1. The Bertz CT molecular complexity index is 293. The van der Waals surface area contributed by atoms with Gasteiger partial charge < -0.3 is 14.6 Å². The predicted molar refractivity (Wildman–Crippen MR) is 69.9 cm³/mol. The van der Waals surface area contributed by atoms with E-state index in [0.29, 0.717) is 6.04 Å². The molecule has 0 fully saturated rings. The molecule has 0 aromatic carbocycles. The lowest BCUT2D eigenvalue weighted by atomic mass is 10.2. The Labute approximate surface area is 104 Å². The van der Waals surface area contributed by atoms with Crippen LogP contribution in [-0.2, 0) is 17.8 Å². The molecule has 1 N–H and O–H groups in total. The van der Waals surface area contributed by atoms with Crippen molar-refractivity contribution < 1.29 is 4.74 Å². The van der Waals surface area contributed by atoms with Crippen LogP contribution in [0, 0.1) is 0 Å². The number of ether oxygens (including phenoxy) is 1. The molecule has 0 aliphatic rings. The van der Waals surface area contributed by atoms with Crippen molar-refractivity contribution in [1.82, 2.24) is 14.9 Å². The monoisotopic (exact) mass is 239 g/mol. The summed E-state index contributed by atoms with van der Waals surface area (Å²) >= 11 is 0. The summed E-state index contributed by atoms with van der Waals surface area (Å²) in [5.41, 5.74) is 1.25. The van der Waals surface area contributed by atoms with Gasteiger partial charge in [0.05, 0.1) is 18.6 Å². The molecule has 1 unspecified atom stereocenters. The fourth-order valence-corrected chi connectivity index (χ4v) is 1.98. The van der Waals surface area contributed by atoms with Gasteiger partial charge in [0.2, 0.25) is 0 Å². The van der Waals surface area contributed by atoms with Crippen molar-refractivity contribution in [3.05, 3.63) is 18.2 Å². The topological polar surface area (TPSA) is 39.1 Å². The van der Waals surface area contributed by atoms with E-state index >= 15 is 0 Å². The third kappa shape index (κ3) is 4.88. The van der Waals surface area contributed by atoms with E-state index in [9.17, 15) is 0 Å². The quantitative estimate of drug-likeness (QED) is 0.718. The maximum atomic E-state index is 5.22. The maximum absolute atomic E-state index is 5.22. The van der Waals surface area contributed by atoms with Gasteiger partial charge in [0, 0.05) is 32.4 Å². The molecular formula is C13H25N3O. The molecule has 0 bridgehead atoms. The van der Waals surface area contributed by atoms with E-state index in [1.54, 1.807) is 7.11 Å². The number of aromatic nitrogens is 2. The summed E-state index contributed by atoms with van der Waals surface area (Å²) < 4.78 is 7.43. The van der Waals surface area contributed by atoms with Crippen LogP contribution in [0.3, 0.4) is 0 Å². The first kappa shape index (κ1) is 14.2. The van der Waals surface area contributed by atoms with Crippen LogP contribution in [0.4, 0.5) is 0 Å². The third-order valence-corrected chi connectivity index (χ3v) is 2.84. The smallest absolute Gasteiger partial charge is 0.0948 e. The molecule has 0 saturated heterocycles. The highest BCUT2D eigenvalue weighted by Gasteiger charge is 2.08. The van der Waals surface area contributed by atoms with Crippen molar-refractivity contribution in [2.75, 3.05) is 13.7 Å². The van der Waals surface area contributed by atoms with Crippen LogP contribution in [0.25, 0.3) is 0 Å². The van der Waals surface area contributed by atoms with Gasteiger partial charge in [-0.1, -0.05) is 20.3 Å². The van der Waals surface area contributed by atoms with Crippen LogP contribution in [-0.4, -0.2) is 29.3 Å². The van der Waals surface area contributed by atoms with Crippen LogP contribution in [0.5, 0.6) is 0 Å². The van der Waals surface area contributed by atoms with E-state index in [-0.39, 0.29) is 0 Å². The van der Waals surface area contributed by atoms with E-state index in [2.05, 4.69) is 28.7 Å². The number of hydrogen-bond acceptors (Lipinski definition) is 3. The Morgan fingerprint density at radius 1 is 1.41 bits per heavy atom. The lowest BCUT2D eigenvalue weighted by molar-refractivity contribution is 0.161. The summed E-state index contributed by atoms with van der Waals surface area (Å²) in [6.07, 6.45) is 7.31. The predicted octanol–water partition coefficient (Wildman–Crippen LogP) is 2.20. The average molecular weight is 239 g/mol. The molecule has 1 aromatic heterocycles. The molecule has 1 atom stereocenters. The van der Waals surface area contributed by atoms with Crippen LogP contribution >= 0.6 is 0 Å². The van der Waals surface area contributed by atoms with Crippen LogP contribution in [0.1, 0.15) is 38.8 Å². The van der Waals surface area contributed by atoms with E-state index in [0.717, 1.165) is 32.5 Å². The SMILES string of the molecule is CCCC(COC)NCc1cncn1CCC. The zero-order valence-corrected chi connectivity index (χ0v) is 11.3. The van der Waals surface area contributed by atoms with Crippen molar-refractivity contribution in [1.29, 1.82) is 0 Å². The molecule has 0 radical (unpaired) electrons. The zero-order chi connectivity index (χ0) is 12.5. The number of nitrogens with one attached hydrogen (secondary N) is 1. The summed E-state index contributed by atoms with van der Waals surface area (Å²) in [4.78, 5) is 4.20. The molecule has 0 spiro atoms. The van der Waals surface area contributed by atoms with Gasteiger partial charge in [-0.15, -0.1) is 0 Å².